The topological polar surface area (TPSA) is 30.5 Å². The van der Waals surface area contributed by atoms with Crippen LogP contribution >= 0.6 is 12.2 Å². The predicted molar refractivity (Wildman–Crippen MR) is 69.0 cm³/mol. The third-order valence-corrected chi connectivity index (χ3v) is 2.15. The maximum absolute atomic E-state index is 5.48. The fourth-order valence-electron chi connectivity index (χ4n) is 1.12. The van der Waals surface area contributed by atoms with Crippen LogP contribution in [0.1, 0.15) is 6.92 Å². The second-order valence-corrected chi connectivity index (χ2v) is 3.64. The maximum atomic E-state index is 5.48. The van der Waals surface area contributed by atoms with Gasteiger partial charge in [-0.05, 0) is 19.1 Å². The summed E-state index contributed by atoms with van der Waals surface area (Å²) in [4.78, 5) is 0.698. The molecule has 0 aliphatic carbocycles. The van der Waals surface area contributed by atoms with Crippen LogP contribution in [0.4, 0.5) is 0 Å². The SMILES string of the molecule is CCOCCNC(=S)COc1ccccc1. The van der Waals surface area contributed by atoms with E-state index in [1.807, 2.05) is 37.3 Å². The number of nitrogens with one attached hydrogen (secondary N) is 1. The van der Waals surface area contributed by atoms with Crippen molar-refractivity contribution in [3.8, 4) is 5.75 Å². The molecule has 0 heterocycles. The average molecular weight is 239 g/mol. The summed E-state index contributed by atoms with van der Waals surface area (Å²) >= 11 is 5.11. The highest BCUT2D eigenvalue weighted by Gasteiger charge is 1.97. The van der Waals surface area contributed by atoms with Gasteiger partial charge in [-0.2, -0.15) is 0 Å². The van der Waals surface area contributed by atoms with Crippen molar-refractivity contribution in [1.29, 1.82) is 0 Å². The Bertz CT molecular complexity index is 303. The van der Waals surface area contributed by atoms with Crippen molar-refractivity contribution in [2.75, 3.05) is 26.4 Å². The molecule has 0 unspecified atom stereocenters. The van der Waals surface area contributed by atoms with Gasteiger partial charge in [0.05, 0.1) is 6.61 Å². The van der Waals surface area contributed by atoms with E-state index in [9.17, 15) is 0 Å². The third-order valence-electron chi connectivity index (χ3n) is 1.89. The van der Waals surface area contributed by atoms with Crippen molar-refractivity contribution >= 4 is 17.2 Å². The van der Waals surface area contributed by atoms with E-state index >= 15 is 0 Å². The Morgan fingerprint density at radius 3 is 2.75 bits per heavy atom. The molecule has 1 aromatic rings. The van der Waals surface area contributed by atoms with Gasteiger partial charge >= 0.3 is 0 Å². The first-order valence-electron chi connectivity index (χ1n) is 5.35. The molecule has 1 aromatic carbocycles. The molecule has 1 N–H and O–H groups in total. The lowest BCUT2D eigenvalue weighted by Crippen LogP contribution is -2.30. The summed E-state index contributed by atoms with van der Waals surface area (Å²) in [5, 5.41) is 3.07. The molecule has 3 nitrogen and oxygen atoms in total. The van der Waals surface area contributed by atoms with Gasteiger partial charge in [0.2, 0.25) is 0 Å². The van der Waals surface area contributed by atoms with Crippen LogP contribution in [0.25, 0.3) is 0 Å². The number of para-hydroxylation sites is 1. The zero-order chi connectivity index (χ0) is 11.6. The summed E-state index contributed by atoms with van der Waals surface area (Å²) in [7, 11) is 0. The molecule has 0 amide bonds. The summed E-state index contributed by atoms with van der Waals surface area (Å²) in [6.07, 6.45) is 0. The Morgan fingerprint density at radius 1 is 1.31 bits per heavy atom. The monoisotopic (exact) mass is 239 g/mol. The second-order valence-electron chi connectivity index (χ2n) is 3.15. The van der Waals surface area contributed by atoms with Gasteiger partial charge in [-0.15, -0.1) is 0 Å². The van der Waals surface area contributed by atoms with E-state index in [0.717, 1.165) is 18.9 Å². The molecule has 0 radical (unpaired) electrons. The Hall–Kier alpha value is -1.13. The zero-order valence-corrected chi connectivity index (χ0v) is 10.3. The van der Waals surface area contributed by atoms with Crippen molar-refractivity contribution in [1.82, 2.24) is 5.32 Å². The van der Waals surface area contributed by atoms with Gasteiger partial charge < -0.3 is 14.8 Å². The van der Waals surface area contributed by atoms with Gasteiger partial charge in [0.25, 0.3) is 0 Å². The van der Waals surface area contributed by atoms with Crippen molar-refractivity contribution < 1.29 is 9.47 Å². The Morgan fingerprint density at radius 2 is 2.06 bits per heavy atom. The first kappa shape index (κ1) is 12.9. The Labute approximate surface area is 102 Å². The number of rotatable bonds is 7. The van der Waals surface area contributed by atoms with Gasteiger partial charge in [-0.1, -0.05) is 30.4 Å². The molecule has 16 heavy (non-hydrogen) atoms. The van der Waals surface area contributed by atoms with E-state index in [2.05, 4.69) is 5.32 Å². The minimum atomic E-state index is 0.408. The van der Waals surface area contributed by atoms with Crippen LogP contribution in [0.5, 0.6) is 5.75 Å². The van der Waals surface area contributed by atoms with Gasteiger partial charge in [-0.3, -0.25) is 0 Å². The van der Waals surface area contributed by atoms with Crippen molar-refractivity contribution in [2.45, 2.75) is 6.92 Å². The fourth-order valence-corrected chi connectivity index (χ4v) is 1.28. The highest BCUT2D eigenvalue weighted by atomic mass is 32.1. The molecule has 88 valence electrons. The lowest BCUT2D eigenvalue weighted by Gasteiger charge is -2.09. The number of hydrogen-bond acceptors (Lipinski definition) is 3. The normalized spacial score (nSPS) is 9.81. The molecule has 0 fully saturated rings. The maximum Gasteiger partial charge on any atom is 0.138 e. The highest BCUT2D eigenvalue weighted by molar-refractivity contribution is 7.80. The van der Waals surface area contributed by atoms with Crippen LogP contribution in [0.2, 0.25) is 0 Å². The minimum Gasteiger partial charge on any atom is -0.486 e. The molecule has 0 aliphatic rings. The summed E-state index contributed by atoms with van der Waals surface area (Å²) < 4.78 is 10.7. The minimum absolute atomic E-state index is 0.408. The summed E-state index contributed by atoms with van der Waals surface area (Å²) in [6, 6.07) is 9.62. The summed E-state index contributed by atoms with van der Waals surface area (Å²) in [5.74, 6) is 0.830. The van der Waals surface area contributed by atoms with Crippen LogP contribution in [0.3, 0.4) is 0 Å². The lowest BCUT2D eigenvalue weighted by atomic mass is 10.3. The quantitative estimate of drug-likeness (QED) is 0.582. The van der Waals surface area contributed by atoms with E-state index < -0.39 is 0 Å². The number of benzene rings is 1. The molecular formula is C12H17NO2S. The predicted octanol–water partition coefficient (Wildman–Crippen LogP) is 2.02. The van der Waals surface area contributed by atoms with Crippen molar-refractivity contribution in [3.63, 3.8) is 0 Å². The second kappa shape index (κ2) is 8.07. The van der Waals surface area contributed by atoms with Gasteiger partial charge in [-0.25, -0.2) is 0 Å². The first-order valence-corrected chi connectivity index (χ1v) is 5.76. The van der Waals surface area contributed by atoms with Crippen LogP contribution in [-0.2, 0) is 4.74 Å². The summed E-state index contributed by atoms with van der Waals surface area (Å²) in [5.41, 5.74) is 0. The van der Waals surface area contributed by atoms with Crippen LogP contribution in [-0.4, -0.2) is 31.4 Å². The van der Waals surface area contributed by atoms with Crippen LogP contribution in [0.15, 0.2) is 30.3 Å². The number of hydrogen-bond donors (Lipinski definition) is 1. The Kier molecular flexibility index (Phi) is 6.53. The molecule has 0 atom stereocenters. The number of thiocarbonyl (C=S) groups is 1. The largest absolute Gasteiger partial charge is 0.486 e. The number of ether oxygens (including phenoxy) is 2. The van der Waals surface area contributed by atoms with Crippen molar-refractivity contribution in [3.05, 3.63) is 30.3 Å². The Balaban J connectivity index is 2.11. The molecule has 4 heteroatoms. The van der Waals surface area contributed by atoms with E-state index in [1.54, 1.807) is 0 Å². The van der Waals surface area contributed by atoms with Crippen molar-refractivity contribution in [2.24, 2.45) is 0 Å². The lowest BCUT2D eigenvalue weighted by molar-refractivity contribution is 0.152. The molecular weight excluding hydrogens is 222 g/mol. The molecule has 1 rings (SSSR count). The molecule has 0 saturated carbocycles. The average Bonchev–Trinajstić information content (AvgIpc) is 2.33. The van der Waals surface area contributed by atoms with Gasteiger partial charge in [0.15, 0.2) is 0 Å². The van der Waals surface area contributed by atoms with E-state index in [0.29, 0.717) is 18.2 Å². The van der Waals surface area contributed by atoms with E-state index in [-0.39, 0.29) is 0 Å². The smallest absolute Gasteiger partial charge is 0.138 e. The first-order chi connectivity index (χ1) is 7.83. The third kappa shape index (κ3) is 5.68. The van der Waals surface area contributed by atoms with E-state index in [1.165, 1.54) is 0 Å². The standard InChI is InChI=1S/C12H17NO2S/c1-2-14-9-8-13-12(16)10-15-11-6-4-3-5-7-11/h3-7H,2,8-10H2,1H3,(H,13,16). The van der Waals surface area contributed by atoms with Crippen LogP contribution in [0, 0.1) is 0 Å². The fraction of sp³-hybridized carbons (Fsp3) is 0.417. The van der Waals surface area contributed by atoms with E-state index in [4.69, 9.17) is 21.7 Å². The molecule has 0 aliphatic heterocycles. The van der Waals surface area contributed by atoms with Gasteiger partial charge in [0.1, 0.15) is 17.3 Å². The molecule has 0 spiro atoms. The zero-order valence-electron chi connectivity index (χ0n) is 9.44. The summed E-state index contributed by atoms with van der Waals surface area (Å²) in [6.45, 7) is 4.50. The van der Waals surface area contributed by atoms with Crippen LogP contribution < -0.4 is 10.1 Å². The molecule has 0 saturated heterocycles. The molecule has 0 aromatic heterocycles. The molecule has 0 bridgehead atoms. The van der Waals surface area contributed by atoms with Gasteiger partial charge in [0, 0.05) is 13.2 Å². The highest BCUT2D eigenvalue weighted by Crippen LogP contribution is 2.07.